The minimum absolute atomic E-state index is 1.14. The summed E-state index contributed by atoms with van der Waals surface area (Å²) in [7, 11) is 0. The molecule has 0 heteroatoms. The lowest BCUT2D eigenvalue weighted by Crippen LogP contribution is -1.92. The smallest absolute Gasteiger partial charge is 0.00605 e. The van der Waals surface area contributed by atoms with E-state index in [0.717, 1.165) is 12.8 Å². The topological polar surface area (TPSA) is 0 Å². The number of unbranched alkanes of at least 4 members (excludes halogenated alkanes) is 2. The molecule has 0 radical (unpaired) electrons. The van der Waals surface area contributed by atoms with Crippen LogP contribution in [0.15, 0.2) is 36.4 Å². The molecule has 1 aromatic rings. The first-order chi connectivity index (χ1) is 7.81. The molecule has 0 N–H and O–H groups in total. The first kappa shape index (κ1) is 11.2. The van der Waals surface area contributed by atoms with Crippen LogP contribution >= 0.6 is 0 Å². The lowest BCUT2D eigenvalue weighted by molar-refractivity contribution is 0.747. The van der Waals surface area contributed by atoms with Crippen LogP contribution in [0, 0.1) is 0 Å². The summed E-state index contributed by atoms with van der Waals surface area (Å²) in [5.74, 6) is 0. The van der Waals surface area contributed by atoms with Gasteiger partial charge >= 0.3 is 0 Å². The maximum atomic E-state index is 3.76. The second kappa shape index (κ2) is 5.16. The predicted molar refractivity (Wildman–Crippen MR) is 71.5 cm³/mol. The fourth-order valence-electron chi connectivity index (χ4n) is 2.43. The van der Waals surface area contributed by atoms with Gasteiger partial charge in [0.25, 0.3) is 0 Å². The molecule has 1 aliphatic carbocycles. The first-order valence-electron chi connectivity index (χ1n) is 6.20. The normalized spacial score (nSPS) is 13.4. The van der Waals surface area contributed by atoms with Crippen LogP contribution in [0.1, 0.15) is 42.9 Å². The molecule has 0 fully saturated rings. The van der Waals surface area contributed by atoms with Gasteiger partial charge in [0.1, 0.15) is 0 Å². The van der Waals surface area contributed by atoms with Crippen LogP contribution in [-0.4, -0.2) is 0 Å². The van der Waals surface area contributed by atoms with Gasteiger partial charge < -0.3 is 0 Å². The molecular weight excluding hydrogens is 192 g/mol. The molecular formula is C16H20. The molecule has 0 nitrogen and oxygen atoms in total. The second-order valence-electron chi connectivity index (χ2n) is 4.69. The van der Waals surface area contributed by atoms with Crippen LogP contribution in [-0.2, 0) is 12.8 Å². The average Bonchev–Trinajstić information content (AvgIpc) is 2.65. The molecule has 16 heavy (non-hydrogen) atoms. The van der Waals surface area contributed by atoms with Gasteiger partial charge in [-0.2, -0.15) is 0 Å². The van der Waals surface area contributed by atoms with Crippen LogP contribution in [0.4, 0.5) is 0 Å². The summed E-state index contributed by atoms with van der Waals surface area (Å²) in [5.41, 5.74) is 6.03. The van der Waals surface area contributed by atoms with E-state index in [0.29, 0.717) is 0 Å². The Balaban J connectivity index is 2.05. The van der Waals surface area contributed by atoms with Gasteiger partial charge in [-0.1, -0.05) is 35.9 Å². The standard InChI is InChI=1S/C16H20/c1-3-4-5-6-8-14-9-7-10-15-11-13(2)12-16(14)15/h3,7,9-10,12H,1,4-6,8,11H2,2H3. The zero-order chi connectivity index (χ0) is 11.4. The van der Waals surface area contributed by atoms with Crippen molar-refractivity contribution < 1.29 is 0 Å². The Morgan fingerprint density at radius 3 is 3.00 bits per heavy atom. The summed E-state index contributed by atoms with van der Waals surface area (Å²) in [5, 5.41) is 0. The van der Waals surface area contributed by atoms with Crippen molar-refractivity contribution in [3.63, 3.8) is 0 Å². The van der Waals surface area contributed by atoms with Crippen molar-refractivity contribution in [2.75, 3.05) is 0 Å². The number of rotatable bonds is 5. The number of fused-ring (bicyclic) bond motifs is 1. The third kappa shape index (κ3) is 2.44. The zero-order valence-electron chi connectivity index (χ0n) is 10.1. The molecule has 0 saturated carbocycles. The molecule has 1 aliphatic rings. The summed E-state index contributed by atoms with van der Waals surface area (Å²) in [6.45, 7) is 5.99. The minimum atomic E-state index is 1.14. The van der Waals surface area contributed by atoms with Crippen molar-refractivity contribution in [2.45, 2.75) is 39.0 Å². The number of hydrogen-bond donors (Lipinski definition) is 0. The Hall–Kier alpha value is -1.30. The number of aryl methyl sites for hydroxylation is 1. The van der Waals surface area contributed by atoms with E-state index in [-0.39, 0.29) is 0 Å². The molecule has 0 spiro atoms. The highest BCUT2D eigenvalue weighted by Crippen LogP contribution is 2.28. The Bertz CT molecular complexity index is 410. The lowest BCUT2D eigenvalue weighted by atomic mass is 9.98. The number of allylic oxidation sites excluding steroid dienone is 2. The van der Waals surface area contributed by atoms with E-state index in [1.54, 1.807) is 0 Å². The largest absolute Gasteiger partial charge is 0.103 e. The molecule has 1 aromatic carbocycles. The number of hydrogen-bond acceptors (Lipinski definition) is 0. The van der Waals surface area contributed by atoms with E-state index in [1.807, 2.05) is 6.08 Å². The summed E-state index contributed by atoms with van der Waals surface area (Å²) >= 11 is 0. The Morgan fingerprint density at radius 2 is 2.19 bits per heavy atom. The van der Waals surface area contributed by atoms with Gasteiger partial charge in [0.2, 0.25) is 0 Å². The van der Waals surface area contributed by atoms with Crippen molar-refractivity contribution in [1.82, 2.24) is 0 Å². The Labute approximate surface area is 98.7 Å². The quantitative estimate of drug-likeness (QED) is 0.496. The molecule has 2 rings (SSSR count). The van der Waals surface area contributed by atoms with Crippen molar-refractivity contribution in [3.05, 3.63) is 53.1 Å². The molecule has 0 heterocycles. The molecule has 0 bridgehead atoms. The number of benzene rings is 1. The molecule has 0 amide bonds. The lowest BCUT2D eigenvalue weighted by Gasteiger charge is -2.06. The van der Waals surface area contributed by atoms with Crippen molar-refractivity contribution in [3.8, 4) is 0 Å². The predicted octanol–water partition coefficient (Wildman–Crippen LogP) is 4.54. The summed E-state index contributed by atoms with van der Waals surface area (Å²) < 4.78 is 0. The van der Waals surface area contributed by atoms with Crippen molar-refractivity contribution in [1.29, 1.82) is 0 Å². The van der Waals surface area contributed by atoms with Gasteiger partial charge in [0, 0.05) is 0 Å². The molecule has 0 atom stereocenters. The summed E-state index contributed by atoms with van der Waals surface area (Å²) in [6.07, 6.45) is 10.4. The zero-order valence-corrected chi connectivity index (χ0v) is 10.1. The minimum Gasteiger partial charge on any atom is -0.103 e. The molecule has 0 saturated heterocycles. The van der Waals surface area contributed by atoms with E-state index < -0.39 is 0 Å². The molecule has 0 aliphatic heterocycles. The van der Waals surface area contributed by atoms with Gasteiger partial charge in [-0.3, -0.25) is 0 Å². The van der Waals surface area contributed by atoms with Gasteiger partial charge in [-0.25, -0.2) is 0 Å². The maximum absolute atomic E-state index is 3.76. The average molecular weight is 212 g/mol. The fraction of sp³-hybridized carbons (Fsp3) is 0.375. The summed E-state index contributed by atoms with van der Waals surface area (Å²) in [6, 6.07) is 6.74. The first-order valence-corrected chi connectivity index (χ1v) is 6.20. The van der Waals surface area contributed by atoms with Gasteiger partial charge in [-0.15, -0.1) is 6.58 Å². The van der Waals surface area contributed by atoms with Crippen LogP contribution in [0.5, 0.6) is 0 Å². The second-order valence-corrected chi connectivity index (χ2v) is 4.69. The molecule has 0 aromatic heterocycles. The molecule has 84 valence electrons. The van der Waals surface area contributed by atoms with Gasteiger partial charge in [0.05, 0.1) is 0 Å². The highest BCUT2D eigenvalue weighted by Gasteiger charge is 2.12. The van der Waals surface area contributed by atoms with E-state index in [2.05, 4.69) is 37.8 Å². The van der Waals surface area contributed by atoms with E-state index in [9.17, 15) is 0 Å². The van der Waals surface area contributed by atoms with E-state index in [1.165, 1.54) is 41.5 Å². The fourth-order valence-corrected chi connectivity index (χ4v) is 2.43. The van der Waals surface area contributed by atoms with Crippen LogP contribution in [0.25, 0.3) is 6.08 Å². The highest BCUT2D eigenvalue weighted by atomic mass is 14.2. The summed E-state index contributed by atoms with van der Waals surface area (Å²) in [4.78, 5) is 0. The van der Waals surface area contributed by atoms with Crippen LogP contribution in [0.2, 0.25) is 0 Å². The van der Waals surface area contributed by atoms with E-state index >= 15 is 0 Å². The van der Waals surface area contributed by atoms with E-state index in [4.69, 9.17) is 0 Å². The third-order valence-electron chi connectivity index (χ3n) is 3.25. The SMILES string of the molecule is C=CCCCCc1cccc2c1C=C(C)C2. The maximum Gasteiger partial charge on any atom is -0.00605 e. The van der Waals surface area contributed by atoms with Crippen molar-refractivity contribution in [2.24, 2.45) is 0 Å². The van der Waals surface area contributed by atoms with Gasteiger partial charge in [0.15, 0.2) is 0 Å². The van der Waals surface area contributed by atoms with Crippen molar-refractivity contribution >= 4 is 6.08 Å². The Morgan fingerprint density at radius 1 is 1.31 bits per heavy atom. The van der Waals surface area contributed by atoms with Crippen LogP contribution < -0.4 is 0 Å². The third-order valence-corrected chi connectivity index (χ3v) is 3.25. The monoisotopic (exact) mass is 212 g/mol. The van der Waals surface area contributed by atoms with Crippen LogP contribution in [0.3, 0.4) is 0 Å². The van der Waals surface area contributed by atoms with Gasteiger partial charge in [-0.05, 0) is 55.7 Å². The molecule has 0 unspecified atom stereocenters. The highest BCUT2D eigenvalue weighted by molar-refractivity contribution is 5.66. The Kier molecular flexibility index (Phi) is 3.61.